The lowest BCUT2D eigenvalue weighted by molar-refractivity contribution is -0.138. The van der Waals surface area contributed by atoms with Gasteiger partial charge in [-0.2, -0.15) is 0 Å². The molecule has 2 amide bonds. The maximum Gasteiger partial charge on any atom is 0.317 e. The SMILES string of the molecule is CCC1CCCC(NC(=O)N2CCN(CC(=O)O)CC2)C1. The number of carboxylic acid groups (broad SMARTS) is 1. The molecule has 21 heavy (non-hydrogen) atoms. The fourth-order valence-electron chi connectivity index (χ4n) is 3.36. The second-order valence-corrected chi connectivity index (χ2v) is 6.24. The molecule has 120 valence electrons. The average Bonchev–Trinajstić information content (AvgIpc) is 2.47. The van der Waals surface area contributed by atoms with E-state index in [0.717, 1.165) is 18.8 Å². The van der Waals surface area contributed by atoms with Crippen LogP contribution in [0.1, 0.15) is 39.0 Å². The van der Waals surface area contributed by atoms with E-state index in [1.54, 1.807) is 0 Å². The summed E-state index contributed by atoms with van der Waals surface area (Å²) in [5.41, 5.74) is 0. The molecule has 2 aliphatic rings. The minimum absolute atomic E-state index is 0.0201. The molecule has 0 radical (unpaired) electrons. The Bertz CT molecular complexity index is 367. The second-order valence-electron chi connectivity index (χ2n) is 6.24. The molecule has 1 saturated heterocycles. The molecule has 0 aromatic rings. The van der Waals surface area contributed by atoms with Crippen molar-refractivity contribution in [1.82, 2.24) is 15.1 Å². The topological polar surface area (TPSA) is 72.9 Å². The molecular weight excluding hydrogens is 270 g/mol. The molecule has 0 aromatic heterocycles. The molecule has 2 unspecified atom stereocenters. The summed E-state index contributed by atoms with van der Waals surface area (Å²) in [5.74, 6) is -0.0582. The fraction of sp³-hybridized carbons (Fsp3) is 0.867. The van der Waals surface area contributed by atoms with E-state index in [4.69, 9.17) is 5.11 Å². The van der Waals surface area contributed by atoms with Crippen molar-refractivity contribution in [3.63, 3.8) is 0 Å². The summed E-state index contributed by atoms with van der Waals surface area (Å²) in [6.45, 7) is 4.79. The van der Waals surface area contributed by atoms with Crippen molar-refractivity contribution in [2.45, 2.75) is 45.1 Å². The molecule has 2 rings (SSSR count). The largest absolute Gasteiger partial charge is 0.480 e. The van der Waals surface area contributed by atoms with Crippen LogP contribution >= 0.6 is 0 Å². The number of rotatable bonds is 4. The Balaban J connectivity index is 1.73. The number of amides is 2. The van der Waals surface area contributed by atoms with E-state index in [0.29, 0.717) is 32.2 Å². The zero-order valence-electron chi connectivity index (χ0n) is 12.9. The molecule has 2 fully saturated rings. The maximum absolute atomic E-state index is 12.3. The number of hydrogen-bond donors (Lipinski definition) is 2. The second kappa shape index (κ2) is 7.64. The van der Waals surface area contributed by atoms with E-state index in [1.165, 1.54) is 19.3 Å². The quantitative estimate of drug-likeness (QED) is 0.822. The molecule has 1 aliphatic heterocycles. The van der Waals surface area contributed by atoms with Crippen molar-refractivity contribution in [3.8, 4) is 0 Å². The van der Waals surface area contributed by atoms with Crippen LogP contribution in [0.3, 0.4) is 0 Å². The summed E-state index contributed by atoms with van der Waals surface area (Å²) >= 11 is 0. The molecule has 2 N–H and O–H groups in total. The van der Waals surface area contributed by atoms with E-state index in [-0.39, 0.29) is 12.6 Å². The van der Waals surface area contributed by atoms with Crippen LogP contribution in [0.5, 0.6) is 0 Å². The van der Waals surface area contributed by atoms with Gasteiger partial charge in [0.1, 0.15) is 0 Å². The van der Waals surface area contributed by atoms with Gasteiger partial charge >= 0.3 is 12.0 Å². The minimum Gasteiger partial charge on any atom is -0.480 e. The molecule has 0 aromatic carbocycles. The lowest BCUT2D eigenvalue weighted by atomic mass is 9.84. The Morgan fingerprint density at radius 2 is 1.90 bits per heavy atom. The number of piperazine rings is 1. The number of nitrogens with one attached hydrogen (secondary N) is 1. The summed E-state index contributed by atoms with van der Waals surface area (Å²) in [4.78, 5) is 26.6. The molecular formula is C15H27N3O3. The number of carbonyl (C=O) groups is 2. The van der Waals surface area contributed by atoms with Gasteiger partial charge in [-0.1, -0.05) is 26.2 Å². The van der Waals surface area contributed by atoms with E-state index in [2.05, 4.69) is 12.2 Å². The summed E-state index contributed by atoms with van der Waals surface area (Å²) < 4.78 is 0. The molecule has 0 bridgehead atoms. The highest BCUT2D eigenvalue weighted by Crippen LogP contribution is 2.26. The first-order valence-corrected chi connectivity index (χ1v) is 8.08. The standard InChI is InChI=1S/C15H27N3O3/c1-2-12-4-3-5-13(10-12)16-15(21)18-8-6-17(7-9-18)11-14(19)20/h12-13H,2-11H2,1H3,(H,16,21)(H,19,20). The van der Waals surface area contributed by atoms with Crippen molar-refractivity contribution in [2.75, 3.05) is 32.7 Å². The summed E-state index contributed by atoms with van der Waals surface area (Å²) in [6.07, 6.45) is 5.87. The van der Waals surface area contributed by atoms with Gasteiger partial charge in [0.2, 0.25) is 0 Å². The summed E-state index contributed by atoms with van der Waals surface area (Å²) in [5, 5.41) is 11.9. The van der Waals surface area contributed by atoms with Gasteiger partial charge in [0.25, 0.3) is 0 Å². The van der Waals surface area contributed by atoms with Crippen molar-refractivity contribution < 1.29 is 14.7 Å². The number of nitrogens with zero attached hydrogens (tertiary/aromatic N) is 2. The van der Waals surface area contributed by atoms with Crippen LogP contribution in [0.2, 0.25) is 0 Å². The van der Waals surface area contributed by atoms with Gasteiger partial charge in [0, 0.05) is 32.2 Å². The number of carbonyl (C=O) groups excluding carboxylic acids is 1. The van der Waals surface area contributed by atoms with Crippen LogP contribution in [-0.2, 0) is 4.79 Å². The molecule has 1 saturated carbocycles. The molecule has 6 nitrogen and oxygen atoms in total. The molecule has 1 aliphatic carbocycles. The van der Waals surface area contributed by atoms with Crippen LogP contribution in [0, 0.1) is 5.92 Å². The highest BCUT2D eigenvalue weighted by molar-refractivity contribution is 5.74. The highest BCUT2D eigenvalue weighted by atomic mass is 16.4. The fourth-order valence-corrected chi connectivity index (χ4v) is 3.36. The molecule has 0 spiro atoms. The van der Waals surface area contributed by atoms with Gasteiger partial charge in [-0.25, -0.2) is 4.79 Å². The Morgan fingerprint density at radius 3 is 2.52 bits per heavy atom. The van der Waals surface area contributed by atoms with E-state index in [9.17, 15) is 9.59 Å². The van der Waals surface area contributed by atoms with E-state index in [1.807, 2.05) is 9.80 Å². The summed E-state index contributed by atoms with van der Waals surface area (Å²) in [6, 6.07) is 0.333. The number of aliphatic carboxylic acids is 1. The third-order valence-corrected chi connectivity index (χ3v) is 4.71. The zero-order valence-corrected chi connectivity index (χ0v) is 12.9. The first-order valence-electron chi connectivity index (χ1n) is 8.08. The minimum atomic E-state index is -0.805. The summed E-state index contributed by atoms with van der Waals surface area (Å²) in [7, 11) is 0. The van der Waals surface area contributed by atoms with E-state index >= 15 is 0 Å². The van der Waals surface area contributed by atoms with Gasteiger partial charge in [-0.05, 0) is 18.8 Å². The molecule has 6 heteroatoms. The Morgan fingerprint density at radius 1 is 1.19 bits per heavy atom. The Kier molecular flexibility index (Phi) is 5.85. The van der Waals surface area contributed by atoms with Gasteiger partial charge in [-0.15, -0.1) is 0 Å². The monoisotopic (exact) mass is 297 g/mol. The third-order valence-electron chi connectivity index (χ3n) is 4.71. The van der Waals surface area contributed by atoms with E-state index < -0.39 is 5.97 Å². The van der Waals surface area contributed by atoms with Crippen molar-refractivity contribution in [1.29, 1.82) is 0 Å². The third kappa shape index (κ3) is 4.88. The van der Waals surface area contributed by atoms with Gasteiger partial charge in [0.15, 0.2) is 0 Å². The Hall–Kier alpha value is -1.30. The normalized spacial score (nSPS) is 27.4. The maximum atomic E-state index is 12.3. The van der Waals surface area contributed by atoms with Crippen molar-refractivity contribution in [2.24, 2.45) is 5.92 Å². The Labute approximate surface area is 126 Å². The zero-order chi connectivity index (χ0) is 15.2. The van der Waals surface area contributed by atoms with Crippen molar-refractivity contribution >= 4 is 12.0 Å². The van der Waals surface area contributed by atoms with Crippen LogP contribution < -0.4 is 5.32 Å². The highest BCUT2D eigenvalue weighted by Gasteiger charge is 2.26. The van der Waals surface area contributed by atoms with Crippen molar-refractivity contribution in [3.05, 3.63) is 0 Å². The van der Waals surface area contributed by atoms with Crippen LogP contribution in [0.4, 0.5) is 4.79 Å². The lowest BCUT2D eigenvalue weighted by Gasteiger charge is -2.36. The predicted octanol–water partition coefficient (Wildman–Crippen LogP) is 1.37. The van der Waals surface area contributed by atoms with Gasteiger partial charge in [0.05, 0.1) is 6.54 Å². The first-order chi connectivity index (χ1) is 10.1. The number of urea groups is 1. The van der Waals surface area contributed by atoms with Crippen LogP contribution in [0.15, 0.2) is 0 Å². The number of hydrogen-bond acceptors (Lipinski definition) is 3. The predicted molar refractivity (Wildman–Crippen MR) is 80.2 cm³/mol. The van der Waals surface area contributed by atoms with Crippen LogP contribution in [0.25, 0.3) is 0 Å². The smallest absolute Gasteiger partial charge is 0.317 e. The number of carboxylic acids is 1. The molecule has 2 atom stereocenters. The van der Waals surface area contributed by atoms with Gasteiger partial charge in [-0.3, -0.25) is 9.69 Å². The molecule has 1 heterocycles. The lowest BCUT2D eigenvalue weighted by Crippen LogP contribution is -2.54. The van der Waals surface area contributed by atoms with Gasteiger partial charge < -0.3 is 15.3 Å². The first kappa shape index (κ1) is 16.1. The average molecular weight is 297 g/mol. The van der Waals surface area contributed by atoms with Crippen LogP contribution in [-0.4, -0.2) is 65.7 Å².